The molecule has 2 rings (SSSR count). The normalized spacial score (nSPS) is 14.2. The number of halogens is 1. The lowest BCUT2D eigenvalue weighted by Gasteiger charge is -2.15. The average molecular weight is 342 g/mol. The zero-order chi connectivity index (χ0) is 14.5. The van der Waals surface area contributed by atoms with Gasteiger partial charge in [-0.05, 0) is 37.5 Å². The summed E-state index contributed by atoms with van der Waals surface area (Å²) in [5.41, 5.74) is 2.19. The summed E-state index contributed by atoms with van der Waals surface area (Å²) in [4.78, 5) is 11.1. The van der Waals surface area contributed by atoms with Crippen molar-refractivity contribution >= 4 is 21.9 Å². The molecule has 0 amide bonds. The Hall–Kier alpha value is -1.07. The number of rotatable bonds is 7. The Morgan fingerprint density at radius 1 is 1.45 bits per heavy atom. The highest BCUT2D eigenvalue weighted by atomic mass is 79.9. The molecule has 4 nitrogen and oxygen atoms in total. The van der Waals surface area contributed by atoms with Crippen molar-refractivity contribution in [2.45, 2.75) is 38.8 Å². The van der Waals surface area contributed by atoms with Gasteiger partial charge in [-0.2, -0.15) is 0 Å². The molecule has 5 heteroatoms. The van der Waals surface area contributed by atoms with Crippen LogP contribution in [0, 0.1) is 6.92 Å². The number of esters is 1. The number of carbonyl (C=O) groups excluding carboxylic acids is 1. The van der Waals surface area contributed by atoms with Gasteiger partial charge in [0, 0.05) is 22.6 Å². The van der Waals surface area contributed by atoms with E-state index in [1.807, 2.05) is 13.0 Å². The third-order valence-electron chi connectivity index (χ3n) is 3.26. The molecular weight excluding hydrogens is 322 g/mol. The number of benzene rings is 1. The zero-order valence-corrected chi connectivity index (χ0v) is 13.5. The zero-order valence-electron chi connectivity index (χ0n) is 11.9. The van der Waals surface area contributed by atoms with E-state index in [4.69, 9.17) is 4.74 Å². The standard InChI is InChI=1S/C15H20BrNO3/c1-10-7-12(16)8-11(9-17-13-3-4-13)15(10)20-6-5-14(18)19-2/h7-8,13,17H,3-6,9H2,1-2H3. The highest BCUT2D eigenvalue weighted by Crippen LogP contribution is 2.29. The molecule has 0 atom stereocenters. The van der Waals surface area contributed by atoms with Crippen LogP contribution in [-0.4, -0.2) is 25.7 Å². The van der Waals surface area contributed by atoms with Gasteiger partial charge in [0.15, 0.2) is 0 Å². The van der Waals surface area contributed by atoms with Crippen LogP contribution < -0.4 is 10.1 Å². The largest absolute Gasteiger partial charge is 0.492 e. The molecule has 110 valence electrons. The fourth-order valence-electron chi connectivity index (χ4n) is 2.02. The van der Waals surface area contributed by atoms with Gasteiger partial charge in [-0.3, -0.25) is 4.79 Å². The van der Waals surface area contributed by atoms with E-state index in [-0.39, 0.29) is 12.4 Å². The lowest BCUT2D eigenvalue weighted by molar-refractivity contribution is -0.141. The van der Waals surface area contributed by atoms with E-state index < -0.39 is 0 Å². The molecule has 1 N–H and O–H groups in total. The molecule has 0 saturated heterocycles. The third kappa shape index (κ3) is 4.49. The maximum Gasteiger partial charge on any atom is 0.308 e. The fourth-order valence-corrected chi connectivity index (χ4v) is 2.64. The average Bonchev–Trinajstić information content (AvgIpc) is 3.22. The van der Waals surface area contributed by atoms with E-state index in [0.717, 1.165) is 27.9 Å². The van der Waals surface area contributed by atoms with Gasteiger partial charge in [0.1, 0.15) is 5.75 Å². The van der Waals surface area contributed by atoms with Crippen LogP contribution in [-0.2, 0) is 16.1 Å². The molecular formula is C15H20BrNO3. The van der Waals surface area contributed by atoms with Crippen molar-refractivity contribution in [1.82, 2.24) is 5.32 Å². The summed E-state index contributed by atoms with van der Waals surface area (Å²) in [5.74, 6) is 0.614. The first kappa shape index (κ1) is 15.3. The first-order chi connectivity index (χ1) is 9.60. The minimum atomic E-state index is -0.252. The van der Waals surface area contributed by atoms with E-state index in [0.29, 0.717) is 12.6 Å². The number of carbonyl (C=O) groups is 1. The quantitative estimate of drug-likeness (QED) is 0.774. The highest BCUT2D eigenvalue weighted by molar-refractivity contribution is 9.10. The second kappa shape index (κ2) is 7.09. The molecule has 0 aliphatic heterocycles. The van der Waals surface area contributed by atoms with Crippen molar-refractivity contribution in [3.63, 3.8) is 0 Å². The second-order valence-electron chi connectivity index (χ2n) is 5.04. The number of hydrogen-bond acceptors (Lipinski definition) is 4. The predicted molar refractivity (Wildman–Crippen MR) is 80.9 cm³/mol. The Kier molecular flexibility index (Phi) is 5.43. The Labute approximate surface area is 128 Å². The van der Waals surface area contributed by atoms with Gasteiger partial charge in [0.2, 0.25) is 0 Å². The van der Waals surface area contributed by atoms with Crippen LogP contribution in [0.4, 0.5) is 0 Å². The van der Waals surface area contributed by atoms with E-state index in [1.165, 1.54) is 20.0 Å². The van der Waals surface area contributed by atoms with Gasteiger partial charge < -0.3 is 14.8 Å². The molecule has 0 radical (unpaired) electrons. The number of aryl methyl sites for hydroxylation is 1. The molecule has 1 aromatic carbocycles. The molecule has 0 aromatic heterocycles. The van der Waals surface area contributed by atoms with Crippen LogP contribution in [0.3, 0.4) is 0 Å². The number of methoxy groups -OCH3 is 1. The second-order valence-corrected chi connectivity index (χ2v) is 5.96. The summed E-state index contributed by atoms with van der Waals surface area (Å²) in [6, 6.07) is 4.74. The molecule has 20 heavy (non-hydrogen) atoms. The lowest BCUT2D eigenvalue weighted by Crippen LogP contribution is -2.17. The molecule has 1 aliphatic carbocycles. The molecule has 1 aromatic rings. The Morgan fingerprint density at radius 3 is 2.85 bits per heavy atom. The van der Waals surface area contributed by atoms with Crippen molar-refractivity contribution in [2.24, 2.45) is 0 Å². The van der Waals surface area contributed by atoms with Crippen molar-refractivity contribution in [1.29, 1.82) is 0 Å². The first-order valence-corrected chi connectivity index (χ1v) is 7.61. The van der Waals surface area contributed by atoms with Crippen molar-refractivity contribution in [3.05, 3.63) is 27.7 Å². The highest BCUT2D eigenvalue weighted by Gasteiger charge is 2.21. The molecule has 0 unspecified atom stereocenters. The number of nitrogens with one attached hydrogen (secondary N) is 1. The maximum absolute atomic E-state index is 11.1. The van der Waals surface area contributed by atoms with Crippen LogP contribution in [0.15, 0.2) is 16.6 Å². The van der Waals surface area contributed by atoms with E-state index in [9.17, 15) is 4.79 Å². The minimum absolute atomic E-state index is 0.252. The Bertz CT molecular complexity index is 486. The minimum Gasteiger partial charge on any atom is -0.492 e. The van der Waals surface area contributed by atoms with Gasteiger partial charge in [-0.15, -0.1) is 0 Å². The van der Waals surface area contributed by atoms with E-state index >= 15 is 0 Å². The summed E-state index contributed by atoms with van der Waals surface area (Å²) < 4.78 is 11.4. The summed E-state index contributed by atoms with van der Waals surface area (Å²) in [6.45, 7) is 3.14. The SMILES string of the molecule is COC(=O)CCOc1c(C)cc(Br)cc1CNC1CC1. The van der Waals surface area contributed by atoms with Crippen LogP contribution in [0.5, 0.6) is 5.75 Å². The van der Waals surface area contributed by atoms with Crippen molar-refractivity contribution in [2.75, 3.05) is 13.7 Å². The van der Waals surface area contributed by atoms with Gasteiger partial charge >= 0.3 is 5.97 Å². The molecule has 1 fully saturated rings. The van der Waals surface area contributed by atoms with Crippen molar-refractivity contribution < 1.29 is 14.3 Å². The van der Waals surface area contributed by atoms with E-state index in [1.54, 1.807) is 0 Å². The summed E-state index contributed by atoms with van der Waals surface area (Å²) in [5, 5.41) is 3.49. The van der Waals surface area contributed by atoms with Crippen LogP contribution in [0.25, 0.3) is 0 Å². The maximum atomic E-state index is 11.1. The fraction of sp³-hybridized carbons (Fsp3) is 0.533. The monoisotopic (exact) mass is 341 g/mol. The van der Waals surface area contributed by atoms with Gasteiger partial charge in [-0.25, -0.2) is 0 Å². The Morgan fingerprint density at radius 2 is 2.20 bits per heavy atom. The van der Waals surface area contributed by atoms with Gasteiger partial charge in [0.05, 0.1) is 20.1 Å². The first-order valence-electron chi connectivity index (χ1n) is 6.82. The smallest absolute Gasteiger partial charge is 0.308 e. The van der Waals surface area contributed by atoms with Crippen molar-refractivity contribution in [3.8, 4) is 5.75 Å². The number of hydrogen-bond donors (Lipinski definition) is 1. The molecule has 0 spiro atoms. The summed E-state index contributed by atoms with van der Waals surface area (Å²) in [7, 11) is 1.39. The molecule has 0 heterocycles. The predicted octanol–water partition coefficient (Wildman–Crippen LogP) is 2.95. The third-order valence-corrected chi connectivity index (χ3v) is 3.71. The van der Waals surface area contributed by atoms with E-state index in [2.05, 4.69) is 32.0 Å². The van der Waals surface area contributed by atoms with Gasteiger partial charge in [0.25, 0.3) is 0 Å². The number of ether oxygens (including phenoxy) is 2. The van der Waals surface area contributed by atoms with Crippen LogP contribution in [0.1, 0.15) is 30.4 Å². The van der Waals surface area contributed by atoms with Crippen LogP contribution >= 0.6 is 15.9 Å². The Balaban J connectivity index is 2.01. The van der Waals surface area contributed by atoms with Gasteiger partial charge in [-0.1, -0.05) is 15.9 Å². The molecule has 0 bridgehead atoms. The summed E-state index contributed by atoms with van der Waals surface area (Å²) >= 11 is 3.51. The van der Waals surface area contributed by atoms with Crippen LogP contribution in [0.2, 0.25) is 0 Å². The lowest BCUT2D eigenvalue weighted by atomic mass is 10.1. The topological polar surface area (TPSA) is 47.6 Å². The summed E-state index contributed by atoms with van der Waals surface area (Å²) in [6.07, 6.45) is 2.78. The molecule has 1 saturated carbocycles. The molecule has 1 aliphatic rings.